The topological polar surface area (TPSA) is 12.0 Å². The molecule has 0 unspecified atom stereocenters. The van der Waals surface area contributed by atoms with Crippen molar-refractivity contribution < 1.29 is 0 Å². The maximum absolute atomic E-state index is 4.90. The van der Waals surface area contributed by atoms with Crippen molar-refractivity contribution in [2.24, 2.45) is 0 Å². The number of nitrogens with one attached hydrogen (secondary N) is 1. The summed E-state index contributed by atoms with van der Waals surface area (Å²) in [4.78, 5) is 0. The van der Waals surface area contributed by atoms with Crippen LogP contribution in [0, 0.1) is 0 Å². The van der Waals surface area contributed by atoms with Gasteiger partial charge in [-0.05, 0) is 0 Å². The van der Waals surface area contributed by atoms with Gasteiger partial charge in [-0.3, -0.25) is 0 Å². The van der Waals surface area contributed by atoms with Gasteiger partial charge < -0.3 is 23.5 Å². The molecule has 0 aromatic heterocycles. The van der Waals surface area contributed by atoms with Crippen LogP contribution in [0.1, 0.15) is 27.7 Å². The van der Waals surface area contributed by atoms with E-state index in [9.17, 15) is 0 Å². The Morgan fingerprint density at radius 3 is 1.18 bits per heavy atom. The van der Waals surface area contributed by atoms with Crippen molar-refractivity contribution in [1.29, 1.82) is 0 Å². The van der Waals surface area contributed by atoms with E-state index in [1.54, 1.807) is 0 Å². The molecule has 11 heavy (non-hydrogen) atoms. The molecule has 0 aliphatic heterocycles. The molecule has 0 saturated heterocycles. The molecule has 0 spiro atoms. The summed E-state index contributed by atoms with van der Waals surface area (Å²) in [5.74, 6) is 0. The van der Waals surface area contributed by atoms with E-state index in [0.717, 1.165) is 0 Å². The SMILES string of the molecule is CC(C)NC(C)C.[Cl][Mg][Cl].[LiH]. The molecule has 0 heterocycles. The minimum atomic E-state index is -0.639. The van der Waals surface area contributed by atoms with Gasteiger partial charge in [0.1, 0.15) is 0 Å². The number of halogens is 2. The van der Waals surface area contributed by atoms with Gasteiger partial charge in [-0.2, -0.15) is 0 Å². The van der Waals surface area contributed by atoms with Gasteiger partial charge in [0.15, 0.2) is 0 Å². The molecule has 0 fully saturated rings. The first-order valence-corrected chi connectivity index (χ1v) is 7.70. The van der Waals surface area contributed by atoms with Crippen molar-refractivity contribution in [2.75, 3.05) is 0 Å². The second-order valence-electron chi connectivity index (χ2n) is 2.58. The van der Waals surface area contributed by atoms with Crippen molar-refractivity contribution in [3.8, 4) is 0 Å². The van der Waals surface area contributed by atoms with Crippen molar-refractivity contribution in [3.05, 3.63) is 0 Å². The molecule has 0 aliphatic rings. The van der Waals surface area contributed by atoms with Crippen LogP contribution in [0.15, 0.2) is 0 Å². The first-order valence-electron chi connectivity index (χ1n) is 3.42. The molecule has 0 radical (unpaired) electrons. The predicted octanol–water partition coefficient (Wildman–Crippen LogP) is 1.74. The number of rotatable bonds is 2. The van der Waals surface area contributed by atoms with E-state index in [1.165, 1.54) is 0 Å². The molecular weight excluding hydrogens is 188 g/mol. The second kappa shape index (κ2) is 14.4. The Hall–Kier alpha value is 1.90. The molecule has 0 aromatic rings. The summed E-state index contributed by atoms with van der Waals surface area (Å²) in [6, 6.07) is 1.25. The zero-order valence-electron chi connectivity index (χ0n) is 7.12. The van der Waals surface area contributed by atoms with Crippen molar-refractivity contribution in [1.82, 2.24) is 5.32 Å². The van der Waals surface area contributed by atoms with Crippen molar-refractivity contribution in [2.45, 2.75) is 39.8 Å². The van der Waals surface area contributed by atoms with E-state index in [0.29, 0.717) is 12.1 Å². The summed E-state index contributed by atoms with van der Waals surface area (Å²) in [5.41, 5.74) is 0. The summed E-state index contributed by atoms with van der Waals surface area (Å²) >= 11 is -0.639. The van der Waals surface area contributed by atoms with E-state index in [2.05, 4.69) is 33.0 Å². The average molecular weight is 204 g/mol. The summed E-state index contributed by atoms with van der Waals surface area (Å²) in [6.07, 6.45) is 0. The van der Waals surface area contributed by atoms with Crippen molar-refractivity contribution in [3.63, 3.8) is 0 Å². The van der Waals surface area contributed by atoms with Gasteiger partial charge in [-0.1, -0.05) is 27.7 Å². The van der Waals surface area contributed by atoms with Gasteiger partial charge in [0.05, 0.1) is 0 Å². The Bertz CT molecular complexity index is 58.5. The van der Waals surface area contributed by atoms with Gasteiger partial charge in [-0.15, -0.1) is 0 Å². The molecule has 0 rings (SSSR count). The molecular formula is C6H16Cl2LiMgN. The Kier molecular flexibility index (Phi) is 24.5. The molecule has 0 bridgehead atoms. The van der Waals surface area contributed by atoms with Crippen LogP contribution >= 0.6 is 18.1 Å². The fraction of sp³-hybridized carbons (Fsp3) is 1.00. The van der Waals surface area contributed by atoms with E-state index in [-0.39, 0.29) is 18.9 Å². The van der Waals surface area contributed by atoms with E-state index >= 15 is 0 Å². The van der Waals surface area contributed by atoms with Gasteiger partial charge >= 0.3 is 37.0 Å². The molecule has 5 heteroatoms. The van der Waals surface area contributed by atoms with Crippen LogP contribution in [0.4, 0.5) is 0 Å². The van der Waals surface area contributed by atoms with Crippen molar-refractivity contribution >= 4 is 55.2 Å². The minimum absolute atomic E-state index is 0. The third-order valence-corrected chi connectivity index (χ3v) is 0.667. The molecule has 0 atom stereocenters. The third-order valence-electron chi connectivity index (χ3n) is 0.667. The summed E-state index contributed by atoms with van der Waals surface area (Å²) in [5, 5.41) is 3.31. The van der Waals surface area contributed by atoms with Crippen LogP contribution in [0.2, 0.25) is 0 Å². The van der Waals surface area contributed by atoms with Crippen LogP contribution in [-0.2, 0) is 0 Å². The van der Waals surface area contributed by atoms with Gasteiger partial charge in [-0.25, -0.2) is 0 Å². The Morgan fingerprint density at radius 2 is 1.18 bits per heavy atom. The van der Waals surface area contributed by atoms with Crippen LogP contribution in [-0.4, -0.2) is 49.1 Å². The second-order valence-corrected chi connectivity index (χ2v) is 5.20. The summed E-state index contributed by atoms with van der Waals surface area (Å²) < 4.78 is 0. The van der Waals surface area contributed by atoms with Gasteiger partial charge in [0, 0.05) is 12.1 Å². The van der Waals surface area contributed by atoms with Gasteiger partial charge in [0.25, 0.3) is 0 Å². The molecule has 0 aromatic carbocycles. The Balaban J connectivity index is -0.000000140. The number of hydrogen-bond donors (Lipinski definition) is 1. The van der Waals surface area contributed by atoms with Crippen LogP contribution in [0.5, 0.6) is 0 Å². The number of hydrogen-bond acceptors (Lipinski definition) is 1. The Morgan fingerprint density at radius 1 is 1.00 bits per heavy atom. The zero-order chi connectivity index (χ0) is 8.57. The summed E-state index contributed by atoms with van der Waals surface area (Å²) in [6.45, 7) is 8.61. The molecule has 1 nitrogen and oxygen atoms in total. The normalized spacial score (nSPS) is 8.00. The standard InChI is InChI=1S/C6H15N.2ClH.Li.Mg.H/c1-5(2)7-6(3)4;;;;;/h5-7H,1-4H3;2*1H;;;/q;;;;+2;/p-2. The maximum atomic E-state index is 4.90. The van der Waals surface area contributed by atoms with Crippen LogP contribution in [0.25, 0.3) is 0 Å². The van der Waals surface area contributed by atoms with Crippen LogP contribution in [0.3, 0.4) is 0 Å². The third kappa shape index (κ3) is 33.5. The summed E-state index contributed by atoms with van der Waals surface area (Å²) in [7, 11) is 9.81. The molecule has 1 N–H and O–H groups in total. The first kappa shape index (κ1) is 18.6. The zero-order valence-corrected chi connectivity index (χ0v) is 10.0. The Labute approximate surface area is 99.4 Å². The van der Waals surface area contributed by atoms with Gasteiger partial charge in [0.2, 0.25) is 0 Å². The van der Waals surface area contributed by atoms with E-state index in [1.807, 2.05) is 0 Å². The van der Waals surface area contributed by atoms with Crippen LogP contribution < -0.4 is 5.32 Å². The monoisotopic (exact) mass is 203 g/mol. The molecule has 0 saturated carbocycles. The fourth-order valence-electron chi connectivity index (χ4n) is 0.667. The quantitative estimate of drug-likeness (QED) is 0.676. The molecule has 0 amide bonds. The fourth-order valence-corrected chi connectivity index (χ4v) is 0.667. The average Bonchev–Trinajstić information content (AvgIpc) is 1.62. The molecule has 0 aliphatic carbocycles. The molecule has 62 valence electrons. The first-order chi connectivity index (χ1) is 4.54. The van der Waals surface area contributed by atoms with E-state index < -0.39 is 18.2 Å². The van der Waals surface area contributed by atoms with E-state index in [4.69, 9.17) is 18.1 Å². The predicted molar refractivity (Wildman–Crippen MR) is 58.0 cm³/mol.